The quantitative estimate of drug-likeness (QED) is 0.373. The lowest BCUT2D eigenvalue weighted by molar-refractivity contribution is 0.0257. The van der Waals surface area contributed by atoms with Crippen molar-refractivity contribution in [3.05, 3.63) is 23.8 Å². The first-order valence-electron chi connectivity index (χ1n) is 13.0. The van der Waals surface area contributed by atoms with Gasteiger partial charge in [-0.25, -0.2) is 4.99 Å². The number of benzene rings is 1. The fourth-order valence-corrected chi connectivity index (χ4v) is 4.28. The van der Waals surface area contributed by atoms with Crippen molar-refractivity contribution >= 4 is 5.90 Å². The predicted octanol–water partition coefficient (Wildman–Crippen LogP) is 5.36. The number of aliphatic imine (C=N–C) groups is 1. The van der Waals surface area contributed by atoms with Crippen molar-refractivity contribution in [2.75, 3.05) is 41.7 Å². The normalized spacial score (nSPS) is 20.7. The maximum atomic E-state index is 5.99. The van der Waals surface area contributed by atoms with Crippen LogP contribution in [0.5, 0.6) is 11.5 Å². The molecule has 0 fully saturated rings. The molecule has 1 N–H and O–H groups in total. The summed E-state index contributed by atoms with van der Waals surface area (Å²) in [6.07, 6.45) is 2.53. The fraction of sp³-hybridized carbons (Fsp3) is 0.750. The Hall–Kier alpha value is -1.83. The Bertz CT molecular complexity index is 738. The summed E-state index contributed by atoms with van der Waals surface area (Å²) in [6.45, 7) is 14.1. The molecule has 7 heteroatoms. The van der Waals surface area contributed by atoms with Gasteiger partial charge in [0.2, 0.25) is 5.90 Å². The van der Waals surface area contributed by atoms with Crippen LogP contribution in [-0.4, -0.2) is 65.9 Å². The highest BCUT2D eigenvalue weighted by Gasteiger charge is 2.36. The van der Waals surface area contributed by atoms with Gasteiger partial charge in [0.1, 0.15) is 6.23 Å². The second kappa shape index (κ2) is 16.8. The zero-order chi connectivity index (χ0) is 26.4. The molecule has 1 aliphatic rings. The van der Waals surface area contributed by atoms with Gasteiger partial charge in [-0.1, -0.05) is 47.6 Å². The smallest absolute Gasteiger partial charge is 0.201 e. The summed E-state index contributed by atoms with van der Waals surface area (Å²) in [5.74, 6) is 3.57. The summed E-state index contributed by atoms with van der Waals surface area (Å²) >= 11 is 0. The summed E-state index contributed by atoms with van der Waals surface area (Å²) in [6, 6.07) is 6.28. The van der Waals surface area contributed by atoms with Crippen LogP contribution in [0.15, 0.2) is 23.2 Å². The van der Waals surface area contributed by atoms with Gasteiger partial charge >= 0.3 is 0 Å². The van der Waals surface area contributed by atoms with E-state index in [1.807, 2.05) is 19.9 Å². The van der Waals surface area contributed by atoms with Gasteiger partial charge in [0.05, 0.1) is 32.9 Å². The molecule has 0 spiro atoms. The molecule has 2 rings (SSSR count). The number of methoxy groups -OCH3 is 4. The minimum Gasteiger partial charge on any atom is -0.493 e. The maximum absolute atomic E-state index is 5.99. The molecule has 1 aromatic rings. The highest BCUT2D eigenvalue weighted by Crippen LogP contribution is 2.32. The molecule has 202 valence electrons. The first kappa shape index (κ1) is 31.2. The Kier molecular flexibility index (Phi) is 15.0. The third-order valence-electron chi connectivity index (χ3n) is 6.35. The van der Waals surface area contributed by atoms with Gasteiger partial charge in [-0.2, -0.15) is 0 Å². The predicted molar refractivity (Wildman–Crippen MR) is 144 cm³/mol. The minimum absolute atomic E-state index is 0.00429. The molecule has 0 bridgehead atoms. The van der Waals surface area contributed by atoms with Crippen LogP contribution in [0.3, 0.4) is 0 Å². The van der Waals surface area contributed by atoms with E-state index in [-0.39, 0.29) is 18.3 Å². The Labute approximate surface area is 213 Å². The molecule has 35 heavy (non-hydrogen) atoms. The van der Waals surface area contributed by atoms with Gasteiger partial charge in [-0.15, -0.1) is 0 Å². The van der Waals surface area contributed by atoms with Crippen LogP contribution < -0.4 is 14.8 Å². The molecule has 1 unspecified atom stereocenters. The average Bonchev–Trinajstić information content (AvgIpc) is 2.87. The monoisotopic (exact) mass is 494 g/mol. The highest BCUT2D eigenvalue weighted by atomic mass is 16.5. The summed E-state index contributed by atoms with van der Waals surface area (Å²) in [5.41, 5.74) is 1.23. The number of hydrogen-bond acceptors (Lipinski definition) is 7. The molecule has 0 saturated carbocycles. The number of rotatable bonds is 13. The molecule has 0 aromatic heterocycles. The fourth-order valence-electron chi connectivity index (χ4n) is 4.28. The topological polar surface area (TPSA) is 70.5 Å². The molecule has 1 heterocycles. The van der Waals surface area contributed by atoms with Crippen molar-refractivity contribution in [1.82, 2.24) is 5.32 Å². The summed E-state index contributed by atoms with van der Waals surface area (Å²) in [4.78, 5) is 4.97. The first-order valence-corrected chi connectivity index (χ1v) is 13.0. The molecule has 0 aliphatic carbocycles. The van der Waals surface area contributed by atoms with E-state index in [1.54, 1.807) is 28.4 Å². The van der Waals surface area contributed by atoms with E-state index >= 15 is 0 Å². The molecule has 1 aliphatic heterocycles. The van der Waals surface area contributed by atoms with Crippen molar-refractivity contribution in [2.24, 2.45) is 22.7 Å². The molecule has 0 amide bonds. The third-order valence-corrected chi connectivity index (χ3v) is 6.35. The Morgan fingerprint density at radius 3 is 2.20 bits per heavy atom. The van der Waals surface area contributed by atoms with Gasteiger partial charge in [-0.3, -0.25) is 5.32 Å². The van der Waals surface area contributed by atoms with Gasteiger partial charge in [-0.05, 0) is 48.3 Å². The zero-order valence-electron chi connectivity index (χ0n) is 23.7. The largest absolute Gasteiger partial charge is 0.493 e. The number of hydrogen-bond donors (Lipinski definition) is 1. The highest BCUT2D eigenvalue weighted by molar-refractivity contribution is 5.83. The van der Waals surface area contributed by atoms with Crippen molar-refractivity contribution in [3.8, 4) is 11.5 Å². The second-order valence-electron chi connectivity index (χ2n) is 9.41. The Morgan fingerprint density at radius 2 is 1.66 bits per heavy atom. The Balaban J connectivity index is 0.00000298. The lowest BCUT2D eigenvalue weighted by Gasteiger charge is -2.37. The van der Waals surface area contributed by atoms with Crippen LogP contribution in [0.25, 0.3) is 0 Å². The lowest BCUT2D eigenvalue weighted by atomic mass is 9.83. The molecule has 0 radical (unpaired) electrons. The third kappa shape index (κ3) is 9.62. The number of nitrogens with one attached hydrogen (secondary N) is 1. The molecule has 7 nitrogen and oxygen atoms in total. The van der Waals surface area contributed by atoms with Crippen molar-refractivity contribution in [2.45, 2.75) is 79.1 Å². The van der Waals surface area contributed by atoms with E-state index < -0.39 is 0 Å². The van der Waals surface area contributed by atoms with Crippen molar-refractivity contribution in [3.63, 3.8) is 0 Å². The van der Waals surface area contributed by atoms with Gasteiger partial charge < -0.3 is 23.7 Å². The van der Waals surface area contributed by atoms with Crippen LogP contribution in [0.2, 0.25) is 0 Å². The van der Waals surface area contributed by atoms with Crippen molar-refractivity contribution < 1.29 is 23.7 Å². The van der Waals surface area contributed by atoms with Gasteiger partial charge in [0.25, 0.3) is 0 Å². The van der Waals surface area contributed by atoms with Crippen molar-refractivity contribution in [1.29, 1.82) is 0 Å². The minimum atomic E-state index is -0.131. The van der Waals surface area contributed by atoms with Crippen LogP contribution in [-0.2, 0) is 20.6 Å². The molecular weight excluding hydrogens is 444 g/mol. The van der Waals surface area contributed by atoms with Gasteiger partial charge in [0, 0.05) is 27.2 Å². The van der Waals surface area contributed by atoms with Gasteiger partial charge in [0.15, 0.2) is 11.5 Å². The maximum Gasteiger partial charge on any atom is 0.201 e. The standard InChI is InChI=1S/C26H44N2O5.C2H6/c1-17(2)20(16-21-25(31-7)28-24(18(3)4)26(27-21)32-8)14-19-10-11-22(30-6)23(15-19)33-13-9-12-29-5;1-2/h10-11,15,17-18,20-21,24-25,28H,9,12-14,16H2,1-8H3;1-2H3/t20-,21-,24+,25?;/m0./s1. The van der Waals surface area contributed by atoms with Crippen LogP contribution in [0.4, 0.5) is 0 Å². The molecule has 0 saturated heterocycles. The van der Waals surface area contributed by atoms with E-state index in [1.165, 1.54) is 5.56 Å². The molecule has 1 aromatic carbocycles. The first-order chi connectivity index (χ1) is 16.8. The number of ether oxygens (including phenoxy) is 5. The van der Waals surface area contributed by atoms with E-state index in [9.17, 15) is 0 Å². The molecular formula is C28H50N2O5. The summed E-state index contributed by atoms with van der Waals surface area (Å²) in [7, 11) is 6.82. The Morgan fingerprint density at radius 1 is 0.943 bits per heavy atom. The van der Waals surface area contributed by atoms with Crippen LogP contribution in [0.1, 0.15) is 59.9 Å². The van der Waals surface area contributed by atoms with E-state index in [4.69, 9.17) is 28.7 Å². The SMILES string of the molecule is CC.COCCCOc1cc(C[C@@H](C[C@@H]2N=C(OC)[C@@H](C(C)C)NC2OC)C(C)C)ccc1OC. The lowest BCUT2D eigenvalue weighted by Crippen LogP contribution is -2.56. The summed E-state index contributed by atoms with van der Waals surface area (Å²) < 4.78 is 28.0. The second-order valence-corrected chi connectivity index (χ2v) is 9.41. The van der Waals surface area contributed by atoms with Crippen LogP contribution in [0, 0.1) is 17.8 Å². The van der Waals surface area contributed by atoms with E-state index in [0.717, 1.165) is 36.7 Å². The zero-order valence-corrected chi connectivity index (χ0v) is 23.7. The average molecular weight is 495 g/mol. The number of nitrogens with zero attached hydrogens (tertiary/aromatic N) is 1. The van der Waals surface area contributed by atoms with E-state index in [2.05, 4.69) is 45.1 Å². The van der Waals surface area contributed by atoms with Crippen LogP contribution >= 0.6 is 0 Å². The summed E-state index contributed by atoms with van der Waals surface area (Å²) in [5, 5.41) is 3.59. The van der Waals surface area contributed by atoms with E-state index in [0.29, 0.717) is 31.0 Å². The molecule has 4 atom stereocenters.